The summed E-state index contributed by atoms with van der Waals surface area (Å²) in [5.41, 5.74) is 0.397. The Bertz CT molecular complexity index is 871. The molecule has 1 N–H and O–H groups in total. The number of benzene rings is 2. The number of carbonyl (C=O) groups is 1. The predicted octanol–water partition coefficient (Wildman–Crippen LogP) is 3.70. The van der Waals surface area contributed by atoms with Gasteiger partial charge in [0.25, 0.3) is 0 Å². The molecule has 0 unspecified atom stereocenters. The highest BCUT2D eigenvalue weighted by Gasteiger charge is 2.24. The number of carboxylic acids is 1. The number of nitriles is 1. The van der Waals surface area contributed by atoms with Crippen LogP contribution in [-0.4, -0.2) is 32.4 Å². The Hall–Kier alpha value is -3.60. The van der Waals surface area contributed by atoms with Crippen LogP contribution < -0.4 is 14.2 Å². The summed E-state index contributed by atoms with van der Waals surface area (Å²) in [6, 6.07) is 9.82. The summed E-state index contributed by atoms with van der Waals surface area (Å²) in [4.78, 5) is 11.6. The molecule has 2 rings (SSSR count). The molecule has 0 bridgehead atoms. The Labute approximate surface area is 143 Å². The lowest BCUT2D eigenvalue weighted by atomic mass is 10.1. The normalized spacial score (nSPS) is 10.3. The van der Waals surface area contributed by atoms with Crippen molar-refractivity contribution in [2.24, 2.45) is 10.2 Å². The number of hydrogen-bond donors (Lipinski definition) is 1. The van der Waals surface area contributed by atoms with Crippen molar-refractivity contribution >= 4 is 17.3 Å². The van der Waals surface area contributed by atoms with Gasteiger partial charge in [-0.25, -0.2) is 4.79 Å². The lowest BCUT2D eigenvalue weighted by Gasteiger charge is -2.15. The quantitative estimate of drug-likeness (QED) is 0.801. The van der Waals surface area contributed by atoms with E-state index < -0.39 is 5.97 Å². The van der Waals surface area contributed by atoms with E-state index in [-0.39, 0.29) is 28.5 Å². The van der Waals surface area contributed by atoms with Gasteiger partial charge in [0.05, 0.1) is 32.5 Å². The molecule has 2 aromatic rings. The molecule has 0 aliphatic rings. The number of azo groups is 1. The topological polar surface area (TPSA) is 114 Å². The number of ether oxygens (including phenoxy) is 3. The number of carboxylic acid groups (broad SMARTS) is 1. The second-order valence-corrected chi connectivity index (χ2v) is 4.68. The molecule has 8 nitrogen and oxygen atoms in total. The smallest absolute Gasteiger partial charge is 0.338 e. The van der Waals surface area contributed by atoms with Crippen LogP contribution in [-0.2, 0) is 0 Å². The molecule has 0 saturated heterocycles. The van der Waals surface area contributed by atoms with Gasteiger partial charge in [-0.2, -0.15) is 5.26 Å². The Balaban J connectivity index is 2.68. The van der Waals surface area contributed by atoms with Gasteiger partial charge in [0.1, 0.15) is 17.4 Å². The maximum absolute atomic E-state index is 11.6. The van der Waals surface area contributed by atoms with E-state index in [1.54, 1.807) is 24.3 Å². The number of nitrogens with zero attached hydrogens (tertiary/aromatic N) is 3. The zero-order valence-electron chi connectivity index (χ0n) is 13.8. The monoisotopic (exact) mass is 341 g/mol. The molecule has 2 aromatic carbocycles. The van der Waals surface area contributed by atoms with Crippen LogP contribution in [0.5, 0.6) is 17.2 Å². The second-order valence-electron chi connectivity index (χ2n) is 4.68. The first kappa shape index (κ1) is 17.7. The van der Waals surface area contributed by atoms with Gasteiger partial charge in [0.2, 0.25) is 5.75 Å². The molecule has 0 fully saturated rings. The third kappa shape index (κ3) is 3.50. The Morgan fingerprint density at radius 2 is 1.76 bits per heavy atom. The fourth-order valence-corrected chi connectivity index (χ4v) is 2.16. The Morgan fingerprint density at radius 1 is 1.08 bits per heavy atom. The molecular formula is C17H15N3O5. The molecule has 0 radical (unpaired) electrons. The molecule has 128 valence electrons. The van der Waals surface area contributed by atoms with Crippen LogP contribution in [0.2, 0.25) is 0 Å². The molecule has 25 heavy (non-hydrogen) atoms. The van der Waals surface area contributed by atoms with Gasteiger partial charge >= 0.3 is 5.97 Å². The summed E-state index contributed by atoms with van der Waals surface area (Å²) in [7, 11) is 4.13. The first-order valence-corrected chi connectivity index (χ1v) is 7.04. The third-order valence-corrected chi connectivity index (χ3v) is 3.32. The van der Waals surface area contributed by atoms with Gasteiger partial charge in [-0.15, -0.1) is 10.2 Å². The predicted molar refractivity (Wildman–Crippen MR) is 88.4 cm³/mol. The molecular weight excluding hydrogens is 326 g/mol. The molecule has 0 amide bonds. The SMILES string of the molecule is COc1cc(C(=O)O)c(/N=N/c2ccccc2C#N)c(OC)c1OC. The fourth-order valence-electron chi connectivity index (χ4n) is 2.16. The van der Waals surface area contributed by atoms with Gasteiger partial charge in [-0.1, -0.05) is 12.1 Å². The summed E-state index contributed by atoms with van der Waals surface area (Å²) in [6.45, 7) is 0. The zero-order valence-corrected chi connectivity index (χ0v) is 13.8. The van der Waals surface area contributed by atoms with Crippen LogP contribution in [0.4, 0.5) is 11.4 Å². The van der Waals surface area contributed by atoms with Crippen LogP contribution in [0.1, 0.15) is 15.9 Å². The minimum Gasteiger partial charge on any atom is -0.493 e. The number of hydrogen-bond acceptors (Lipinski definition) is 7. The maximum Gasteiger partial charge on any atom is 0.338 e. The Morgan fingerprint density at radius 3 is 2.32 bits per heavy atom. The third-order valence-electron chi connectivity index (χ3n) is 3.32. The molecule has 0 saturated carbocycles. The van der Waals surface area contributed by atoms with Crippen molar-refractivity contribution in [3.63, 3.8) is 0 Å². The summed E-state index contributed by atoms with van der Waals surface area (Å²) in [6.07, 6.45) is 0. The summed E-state index contributed by atoms with van der Waals surface area (Å²) in [5, 5.41) is 26.6. The number of methoxy groups -OCH3 is 3. The fraction of sp³-hybridized carbons (Fsp3) is 0.176. The van der Waals surface area contributed by atoms with Crippen LogP contribution >= 0.6 is 0 Å². The van der Waals surface area contributed by atoms with E-state index in [4.69, 9.17) is 19.5 Å². The van der Waals surface area contributed by atoms with Crippen LogP contribution in [0.3, 0.4) is 0 Å². The summed E-state index contributed by atoms with van der Waals surface area (Å²) >= 11 is 0. The van der Waals surface area contributed by atoms with Crippen molar-refractivity contribution in [2.45, 2.75) is 0 Å². The molecule has 0 aliphatic heterocycles. The van der Waals surface area contributed by atoms with Crippen molar-refractivity contribution in [3.8, 4) is 23.3 Å². The minimum atomic E-state index is -1.23. The highest BCUT2D eigenvalue weighted by atomic mass is 16.5. The van der Waals surface area contributed by atoms with Gasteiger partial charge in [-0.05, 0) is 12.1 Å². The second kappa shape index (κ2) is 7.79. The molecule has 0 aromatic heterocycles. The summed E-state index contributed by atoms with van der Waals surface area (Å²) in [5.74, 6) is -0.787. The van der Waals surface area contributed by atoms with Gasteiger partial charge in [-0.3, -0.25) is 0 Å². The molecule has 0 atom stereocenters. The van der Waals surface area contributed by atoms with Crippen LogP contribution in [0, 0.1) is 11.3 Å². The van der Waals surface area contributed by atoms with Gasteiger partial charge < -0.3 is 19.3 Å². The minimum absolute atomic E-state index is 0.0413. The lowest BCUT2D eigenvalue weighted by Crippen LogP contribution is -2.02. The average molecular weight is 341 g/mol. The van der Waals surface area contributed by atoms with Crippen molar-refractivity contribution < 1.29 is 24.1 Å². The van der Waals surface area contributed by atoms with E-state index >= 15 is 0 Å². The van der Waals surface area contributed by atoms with Gasteiger partial charge in [0, 0.05) is 6.07 Å². The number of rotatable bonds is 6. The van der Waals surface area contributed by atoms with E-state index in [1.807, 2.05) is 6.07 Å². The average Bonchev–Trinajstić information content (AvgIpc) is 2.64. The largest absolute Gasteiger partial charge is 0.493 e. The highest BCUT2D eigenvalue weighted by Crippen LogP contribution is 2.47. The van der Waals surface area contributed by atoms with Crippen LogP contribution in [0.15, 0.2) is 40.6 Å². The Kier molecular flexibility index (Phi) is 5.53. The van der Waals surface area contributed by atoms with E-state index in [2.05, 4.69) is 10.2 Å². The summed E-state index contributed by atoms with van der Waals surface area (Å²) < 4.78 is 15.6. The zero-order chi connectivity index (χ0) is 18.4. The van der Waals surface area contributed by atoms with E-state index in [0.717, 1.165) is 0 Å². The van der Waals surface area contributed by atoms with Gasteiger partial charge in [0.15, 0.2) is 11.5 Å². The number of aromatic carboxylic acids is 1. The standard InChI is InChI=1S/C17H15N3O5/c1-23-13-8-11(17(21)22)14(16(25-3)15(13)24-2)20-19-12-7-5-4-6-10(12)9-18/h4-8H,1-3H3,(H,21,22)/b20-19+. The van der Waals surface area contributed by atoms with Crippen molar-refractivity contribution in [1.29, 1.82) is 5.26 Å². The van der Waals surface area contributed by atoms with E-state index in [0.29, 0.717) is 11.3 Å². The highest BCUT2D eigenvalue weighted by molar-refractivity contribution is 5.97. The molecule has 0 heterocycles. The lowest BCUT2D eigenvalue weighted by molar-refractivity contribution is 0.0697. The van der Waals surface area contributed by atoms with Crippen molar-refractivity contribution in [2.75, 3.05) is 21.3 Å². The first-order valence-electron chi connectivity index (χ1n) is 7.04. The van der Waals surface area contributed by atoms with E-state index in [9.17, 15) is 9.90 Å². The first-order chi connectivity index (χ1) is 12.1. The van der Waals surface area contributed by atoms with Crippen molar-refractivity contribution in [3.05, 3.63) is 41.5 Å². The van der Waals surface area contributed by atoms with E-state index in [1.165, 1.54) is 27.4 Å². The molecule has 8 heteroatoms. The maximum atomic E-state index is 11.6. The molecule has 0 aliphatic carbocycles. The molecule has 0 spiro atoms. The van der Waals surface area contributed by atoms with Crippen molar-refractivity contribution in [1.82, 2.24) is 0 Å². The van der Waals surface area contributed by atoms with Crippen LogP contribution in [0.25, 0.3) is 0 Å².